The number of aromatic nitrogens is 2. The molecule has 3 rings (SSSR count). The predicted octanol–water partition coefficient (Wildman–Crippen LogP) is 1.21. The Morgan fingerprint density at radius 3 is 2.56 bits per heavy atom. The first-order valence-electron chi connectivity index (χ1n) is 7.97. The second-order valence-corrected chi connectivity index (χ2v) is 6.03. The normalized spacial score (nSPS) is 14.3. The highest BCUT2D eigenvalue weighted by molar-refractivity contribution is 6.30. The summed E-state index contributed by atoms with van der Waals surface area (Å²) in [5.41, 5.74) is 0.195. The van der Waals surface area contributed by atoms with E-state index in [2.05, 4.69) is 20.2 Å². The highest BCUT2D eigenvalue weighted by Gasteiger charge is 2.22. The van der Waals surface area contributed by atoms with Gasteiger partial charge < -0.3 is 15.1 Å². The average molecular weight is 360 g/mol. The first-order chi connectivity index (χ1) is 12.1. The topological polar surface area (TPSA) is 78.4 Å². The molecule has 25 heavy (non-hydrogen) atoms. The SMILES string of the molecule is O=C(NCC(=O)N1CCN(c2ccccn2)CC1)c1cc(Cl)ccn1. The Balaban J connectivity index is 1.47. The van der Waals surface area contributed by atoms with E-state index in [-0.39, 0.29) is 18.1 Å². The van der Waals surface area contributed by atoms with Gasteiger partial charge in [0, 0.05) is 43.6 Å². The van der Waals surface area contributed by atoms with Gasteiger partial charge in [0.15, 0.2) is 0 Å². The molecule has 0 aromatic carbocycles. The molecule has 1 N–H and O–H groups in total. The lowest BCUT2D eigenvalue weighted by molar-refractivity contribution is -0.130. The molecule has 2 aromatic rings. The third-order valence-electron chi connectivity index (χ3n) is 3.96. The molecule has 130 valence electrons. The molecule has 0 aliphatic carbocycles. The van der Waals surface area contributed by atoms with Crippen LogP contribution < -0.4 is 10.2 Å². The molecule has 0 saturated carbocycles. The van der Waals surface area contributed by atoms with Gasteiger partial charge in [-0.15, -0.1) is 0 Å². The van der Waals surface area contributed by atoms with E-state index in [0.29, 0.717) is 31.2 Å². The molecule has 2 aromatic heterocycles. The fraction of sp³-hybridized carbons (Fsp3) is 0.294. The van der Waals surface area contributed by atoms with Crippen molar-refractivity contribution in [2.75, 3.05) is 37.6 Å². The number of nitrogens with zero attached hydrogens (tertiary/aromatic N) is 4. The van der Waals surface area contributed by atoms with E-state index in [4.69, 9.17) is 11.6 Å². The zero-order valence-corrected chi connectivity index (χ0v) is 14.3. The van der Waals surface area contributed by atoms with E-state index in [1.807, 2.05) is 18.2 Å². The number of hydrogen-bond donors (Lipinski definition) is 1. The molecule has 3 heterocycles. The highest BCUT2D eigenvalue weighted by Crippen LogP contribution is 2.12. The zero-order chi connectivity index (χ0) is 17.6. The Bertz CT molecular complexity index is 748. The third-order valence-corrected chi connectivity index (χ3v) is 4.20. The Hall–Kier alpha value is -2.67. The van der Waals surface area contributed by atoms with Gasteiger partial charge in [-0.3, -0.25) is 14.6 Å². The Morgan fingerprint density at radius 1 is 1.08 bits per heavy atom. The van der Waals surface area contributed by atoms with Crippen LogP contribution in [-0.4, -0.2) is 59.4 Å². The summed E-state index contributed by atoms with van der Waals surface area (Å²) in [6, 6.07) is 8.83. The summed E-state index contributed by atoms with van der Waals surface area (Å²) < 4.78 is 0. The minimum absolute atomic E-state index is 0.0589. The maximum Gasteiger partial charge on any atom is 0.270 e. The van der Waals surface area contributed by atoms with Crippen molar-refractivity contribution in [3.8, 4) is 0 Å². The fourth-order valence-corrected chi connectivity index (χ4v) is 2.77. The van der Waals surface area contributed by atoms with Crippen LogP contribution in [0.5, 0.6) is 0 Å². The molecule has 7 nitrogen and oxygen atoms in total. The number of rotatable bonds is 4. The van der Waals surface area contributed by atoms with Gasteiger partial charge in [0.2, 0.25) is 5.91 Å². The van der Waals surface area contributed by atoms with Gasteiger partial charge in [0.05, 0.1) is 6.54 Å². The molecule has 2 amide bonds. The van der Waals surface area contributed by atoms with E-state index in [1.165, 1.54) is 12.3 Å². The molecule has 1 aliphatic rings. The minimum atomic E-state index is -0.414. The van der Waals surface area contributed by atoms with Gasteiger partial charge in [-0.2, -0.15) is 0 Å². The van der Waals surface area contributed by atoms with Gasteiger partial charge in [-0.05, 0) is 24.3 Å². The molecule has 1 aliphatic heterocycles. The van der Waals surface area contributed by atoms with E-state index < -0.39 is 5.91 Å². The molecule has 0 atom stereocenters. The number of pyridine rings is 2. The second-order valence-electron chi connectivity index (χ2n) is 5.60. The first kappa shape index (κ1) is 17.2. The van der Waals surface area contributed by atoms with Crippen molar-refractivity contribution in [1.29, 1.82) is 0 Å². The summed E-state index contributed by atoms with van der Waals surface area (Å²) in [4.78, 5) is 36.4. The summed E-state index contributed by atoms with van der Waals surface area (Å²) >= 11 is 5.83. The third kappa shape index (κ3) is 4.45. The molecule has 0 bridgehead atoms. The van der Waals surface area contributed by atoms with Crippen LogP contribution in [0.4, 0.5) is 5.82 Å². The van der Waals surface area contributed by atoms with Crippen LogP contribution in [0.3, 0.4) is 0 Å². The van der Waals surface area contributed by atoms with E-state index in [1.54, 1.807) is 17.2 Å². The van der Waals surface area contributed by atoms with Crippen LogP contribution >= 0.6 is 11.6 Å². The molecule has 1 fully saturated rings. The predicted molar refractivity (Wildman–Crippen MR) is 94.6 cm³/mol. The van der Waals surface area contributed by atoms with Crippen LogP contribution in [0.15, 0.2) is 42.7 Å². The minimum Gasteiger partial charge on any atom is -0.353 e. The Kier molecular flexibility index (Phi) is 5.45. The van der Waals surface area contributed by atoms with E-state index >= 15 is 0 Å². The molecular weight excluding hydrogens is 342 g/mol. The Morgan fingerprint density at radius 2 is 1.88 bits per heavy atom. The average Bonchev–Trinajstić information content (AvgIpc) is 2.66. The smallest absolute Gasteiger partial charge is 0.270 e. The molecule has 0 radical (unpaired) electrons. The largest absolute Gasteiger partial charge is 0.353 e. The quantitative estimate of drug-likeness (QED) is 0.887. The van der Waals surface area contributed by atoms with Crippen LogP contribution in [0.25, 0.3) is 0 Å². The van der Waals surface area contributed by atoms with Crippen LogP contribution in [0.2, 0.25) is 5.02 Å². The van der Waals surface area contributed by atoms with Gasteiger partial charge in [-0.1, -0.05) is 17.7 Å². The van der Waals surface area contributed by atoms with Gasteiger partial charge >= 0.3 is 0 Å². The summed E-state index contributed by atoms with van der Waals surface area (Å²) in [6.07, 6.45) is 3.21. The van der Waals surface area contributed by atoms with Gasteiger partial charge in [0.1, 0.15) is 11.5 Å². The number of anilines is 1. The lowest BCUT2D eigenvalue weighted by Gasteiger charge is -2.35. The highest BCUT2D eigenvalue weighted by atomic mass is 35.5. The van der Waals surface area contributed by atoms with Crippen molar-refractivity contribution in [2.45, 2.75) is 0 Å². The molecule has 0 spiro atoms. The van der Waals surface area contributed by atoms with Crippen molar-refractivity contribution in [3.05, 3.63) is 53.4 Å². The maximum atomic E-state index is 12.3. The first-order valence-corrected chi connectivity index (χ1v) is 8.35. The second kappa shape index (κ2) is 7.94. The number of hydrogen-bond acceptors (Lipinski definition) is 5. The van der Waals surface area contributed by atoms with Crippen molar-refractivity contribution in [3.63, 3.8) is 0 Å². The zero-order valence-electron chi connectivity index (χ0n) is 13.6. The van der Waals surface area contributed by atoms with Crippen LogP contribution in [0.1, 0.15) is 10.5 Å². The van der Waals surface area contributed by atoms with Gasteiger partial charge in [0.25, 0.3) is 5.91 Å². The summed E-state index contributed by atoms with van der Waals surface area (Å²) in [7, 11) is 0. The summed E-state index contributed by atoms with van der Waals surface area (Å²) in [6.45, 7) is 2.57. The van der Waals surface area contributed by atoms with Crippen LogP contribution in [0, 0.1) is 0 Å². The van der Waals surface area contributed by atoms with E-state index in [9.17, 15) is 9.59 Å². The van der Waals surface area contributed by atoms with Gasteiger partial charge in [-0.25, -0.2) is 4.98 Å². The van der Waals surface area contributed by atoms with E-state index in [0.717, 1.165) is 5.82 Å². The van der Waals surface area contributed by atoms with Crippen LogP contribution in [-0.2, 0) is 4.79 Å². The molecule has 0 unspecified atom stereocenters. The summed E-state index contributed by atoms with van der Waals surface area (Å²) in [5.74, 6) is 0.383. The number of carbonyl (C=O) groups excluding carboxylic acids is 2. The monoisotopic (exact) mass is 359 g/mol. The number of amides is 2. The van der Waals surface area contributed by atoms with Crippen molar-refractivity contribution in [1.82, 2.24) is 20.2 Å². The number of piperazine rings is 1. The van der Waals surface area contributed by atoms with Crippen molar-refractivity contribution in [2.24, 2.45) is 0 Å². The van der Waals surface area contributed by atoms with Crippen molar-refractivity contribution >= 4 is 29.2 Å². The molecular formula is C17H18ClN5O2. The number of nitrogens with one attached hydrogen (secondary N) is 1. The Labute approximate surface area is 150 Å². The number of halogens is 1. The lowest BCUT2D eigenvalue weighted by Crippen LogP contribution is -2.51. The number of carbonyl (C=O) groups is 2. The molecule has 1 saturated heterocycles. The fourth-order valence-electron chi connectivity index (χ4n) is 2.61. The lowest BCUT2D eigenvalue weighted by atomic mass is 10.3. The van der Waals surface area contributed by atoms with Crippen molar-refractivity contribution < 1.29 is 9.59 Å². The summed E-state index contributed by atoms with van der Waals surface area (Å²) in [5, 5.41) is 3.02. The molecule has 8 heteroatoms. The standard InChI is InChI=1S/C17H18ClN5O2/c18-13-4-6-19-14(11-13)17(25)21-12-16(24)23-9-7-22(8-10-23)15-3-1-2-5-20-15/h1-6,11H,7-10,12H2,(H,21,25). The maximum absolute atomic E-state index is 12.3.